The fraction of sp³-hybridized carbons (Fsp3) is 0.467. The van der Waals surface area contributed by atoms with Gasteiger partial charge in [0.1, 0.15) is 0 Å². The molecule has 4 nitrogen and oxygen atoms in total. The second kappa shape index (κ2) is 7.29. The lowest BCUT2D eigenvalue weighted by Gasteiger charge is -2.19. The van der Waals surface area contributed by atoms with Gasteiger partial charge in [-0.15, -0.1) is 0 Å². The van der Waals surface area contributed by atoms with Crippen LogP contribution in [0.2, 0.25) is 5.02 Å². The summed E-state index contributed by atoms with van der Waals surface area (Å²) in [6.07, 6.45) is 5.03. The van der Waals surface area contributed by atoms with Crippen LogP contribution in [0.1, 0.15) is 32.1 Å². The first-order chi connectivity index (χ1) is 9.66. The van der Waals surface area contributed by atoms with E-state index in [1.165, 1.54) is 6.42 Å². The smallest absolute Gasteiger partial charge is 0.309 e. The third kappa shape index (κ3) is 4.23. The lowest BCUT2D eigenvalue weighted by atomic mass is 9.89. The van der Waals surface area contributed by atoms with Crippen molar-refractivity contribution in [1.82, 2.24) is 0 Å². The summed E-state index contributed by atoms with van der Waals surface area (Å²) in [6, 6.07) is 6.94. The van der Waals surface area contributed by atoms with Crippen molar-refractivity contribution < 1.29 is 14.3 Å². The van der Waals surface area contributed by atoms with Gasteiger partial charge in [-0.3, -0.25) is 9.59 Å². The Morgan fingerprint density at radius 2 is 1.90 bits per heavy atom. The Morgan fingerprint density at radius 3 is 2.60 bits per heavy atom. The van der Waals surface area contributed by atoms with Crippen molar-refractivity contribution in [3.05, 3.63) is 29.3 Å². The maximum absolute atomic E-state index is 11.8. The standard InChI is InChI=1S/C15H18ClNO3/c16-12-8-4-5-9-13(12)17-14(18)10-20-15(19)11-6-2-1-3-7-11/h4-5,8-9,11H,1-3,6-7,10H2,(H,17,18). The third-order valence-electron chi connectivity index (χ3n) is 3.43. The molecule has 0 heterocycles. The fourth-order valence-corrected chi connectivity index (χ4v) is 2.52. The van der Waals surface area contributed by atoms with Gasteiger partial charge in [0.2, 0.25) is 0 Å². The van der Waals surface area contributed by atoms with Crippen molar-refractivity contribution in [3.8, 4) is 0 Å². The SMILES string of the molecule is O=C(COC(=O)C1CCCCC1)Nc1ccccc1Cl. The minimum atomic E-state index is -0.373. The Bertz CT molecular complexity index is 484. The first-order valence-corrected chi connectivity index (χ1v) is 7.25. The van der Waals surface area contributed by atoms with Crippen molar-refractivity contribution in [2.75, 3.05) is 11.9 Å². The van der Waals surface area contributed by atoms with E-state index in [9.17, 15) is 9.59 Å². The number of halogens is 1. The van der Waals surface area contributed by atoms with Crippen molar-refractivity contribution in [2.45, 2.75) is 32.1 Å². The zero-order chi connectivity index (χ0) is 14.4. The Balaban J connectivity index is 1.77. The summed E-state index contributed by atoms with van der Waals surface area (Å²) in [4.78, 5) is 23.5. The van der Waals surface area contributed by atoms with E-state index >= 15 is 0 Å². The quantitative estimate of drug-likeness (QED) is 0.866. The van der Waals surface area contributed by atoms with E-state index in [0.717, 1.165) is 25.7 Å². The van der Waals surface area contributed by atoms with E-state index in [0.29, 0.717) is 10.7 Å². The molecule has 0 aliphatic heterocycles. The van der Waals surface area contributed by atoms with Crippen LogP contribution in [0.15, 0.2) is 24.3 Å². The summed E-state index contributed by atoms with van der Waals surface area (Å²) in [5.41, 5.74) is 0.521. The largest absolute Gasteiger partial charge is 0.455 e. The predicted molar refractivity (Wildman–Crippen MR) is 77.6 cm³/mol. The molecule has 0 saturated heterocycles. The van der Waals surface area contributed by atoms with Gasteiger partial charge < -0.3 is 10.1 Å². The van der Waals surface area contributed by atoms with Crippen LogP contribution in [-0.4, -0.2) is 18.5 Å². The molecule has 2 rings (SSSR count). The highest BCUT2D eigenvalue weighted by Crippen LogP contribution is 2.24. The van der Waals surface area contributed by atoms with Gasteiger partial charge in [-0.1, -0.05) is 43.0 Å². The third-order valence-corrected chi connectivity index (χ3v) is 3.76. The molecule has 1 aliphatic rings. The van der Waals surface area contributed by atoms with Crippen LogP contribution in [0.5, 0.6) is 0 Å². The molecule has 1 aromatic rings. The Hall–Kier alpha value is -1.55. The van der Waals surface area contributed by atoms with Crippen LogP contribution in [0, 0.1) is 5.92 Å². The van der Waals surface area contributed by atoms with E-state index in [2.05, 4.69) is 5.32 Å². The van der Waals surface area contributed by atoms with Crippen molar-refractivity contribution in [2.24, 2.45) is 5.92 Å². The summed E-state index contributed by atoms with van der Waals surface area (Å²) in [5, 5.41) is 3.08. The zero-order valence-electron chi connectivity index (χ0n) is 11.2. The molecule has 5 heteroatoms. The predicted octanol–water partition coefficient (Wildman–Crippen LogP) is 3.40. The Labute approximate surface area is 123 Å². The van der Waals surface area contributed by atoms with Gasteiger partial charge in [-0.2, -0.15) is 0 Å². The molecule has 0 unspecified atom stereocenters. The Morgan fingerprint density at radius 1 is 1.20 bits per heavy atom. The minimum Gasteiger partial charge on any atom is -0.455 e. The highest BCUT2D eigenvalue weighted by Gasteiger charge is 2.23. The lowest BCUT2D eigenvalue weighted by molar-refractivity contribution is -0.152. The summed E-state index contributed by atoms with van der Waals surface area (Å²) in [6.45, 7) is -0.263. The number of carbonyl (C=O) groups is 2. The first kappa shape index (κ1) is 14.9. The normalized spacial score (nSPS) is 15.7. The molecule has 1 aliphatic carbocycles. The van der Waals surface area contributed by atoms with Crippen molar-refractivity contribution >= 4 is 29.2 Å². The number of hydrogen-bond donors (Lipinski definition) is 1. The molecule has 1 fully saturated rings. The van der Waals surface area contributed by atoms with E-state index < -0.39 is 0 Å². The van der Waals surface area contributed by atoms with Crippen molar-refractivity contribution in [3.63, 3.8) is 0 Å². The molecule has 1 N–H and O–H groups in total. The monoisotopic (exact) mass is 295 g/mol. The second-order valence-electron chi connectivity index (χ2n) is 4.97. The van der Waals surface area contributed by atoms with Crippen LogP contribution in [0.3, 0.4) is 0 Å². The van der Waals surface area contributed by atoms with Gasteiger partial charge in [0, 0.05) is 0 Å². The molecule has 1 saturated carbocycles. The number of hydrogen-bond acceptors (Lipinski definition) is 3. The van der Waals surface area contributed by atoms with Crippen LogP contribution in [0.25, 0.3) is 0 Å². The average Bonchev–Trinajstić information content (AvgIpc) is 2.48. The number of rotatable bonds is 4. The van der Waals surface area contributed by atoms with Gasteiger partial charge in [-0.05, 0) is 25.0 Å². The molecule has 1 aromatic carbocycles. The van der Waals surface area contributed by atoms with Crippen LogP contribution in [-0.2, 0) is 14.3 Å². The average molecular weight is 296 g/mol. The van der Waals surface area contributed by atoms with Gasteiger partial charge in [-0.25, -0.2) is 0 Å². The number of para-hydroxylation sites is 1. The lowest BCUT2D eigenvalue weighted by Crippen LogP contribution is -2.26. The topological polar surface area (TPSA) is 55.4 Å². The van der Waals surface area contributed by atoms with Crippen LogP contribution in [0.4, 0.5) is 5.69 Å². The number of ether oxygens (including phenoxy) is 1. The van der Waals surface area contributed by atoms with E-state index in [-0.39, 0.29) is 24.4 Å². The molecule has 0 spiro atoms. The number of nitrogens with one attached hydrogen (secondary N) is 1. The number of anilines is 1. The molecule has 0 aromatic heterocycles. The fourth-order valence-electron chi connectivity index (χ4n) is 2.34. The maximum Gasteiger partial charge on any atom is 0.309 e. The maximum atomic E-state index is 11.8. The van der Waals surface area contributed by atoms with Crippen LogP contribution < -0.4 is 5.32 Å². The van der Waals surface area contributed by atoms with Gasteiger partial charge in [0.05, 0.1) is 16.6 Å². The molecule has 0 radical (unpaired) electrons. The minimum absolute atomic E-state index is 0.0446. The number of esters is 1. The number of carbonyl (C=O) groups excluding carboxylic acids is 2. The van der Waals surface area contributed by atoms with Crippen molar-refractivity contribution in [1.29, 1.82) is 0 Å². The van der Waals surface area contributed by atoms with Gasteiger partial charge in [0.25, 0.3) is 5.91 Å². The van der Waals surface area contributed by atoms with E-state index in [1.54, 1.807) is 24.3 Å². The summed E-state index contributed by atoms with van der Waals surface area (Å²) >= 11 is 5.93. The molecule has 108 valence electrons. The first-order valence-electron chi connectivity index (χ1n) is 6.88. The van der Waals surface area contributed by atoms with Gasteiger partial charge in [0.15, 0.2) is 6.61 Å². The van der Waals surface area contributed by atoms with Crippen LogP contribution >= 0.6 is 11.6 Å². The highest BCUT2D eigenvalue weighted by molar-refractivity contribution is 6.33. The molecular formula is C15H18ClNO3. The zero-order valence-corrected chi connectivity index (χ0v) is 12.0. The molecular weight excluding hydrogens is 278 g/mol. The summed E-state index contributed by atoms with van der Waals surface area (Å²) in [7, 11) is 0. The molecule has 20 heavy (non-hydrogen) atoms. The molecule has 1 amide bonds. The van der Waals surface area contributed by atoms with E-state index in [1.807, 2.05) is 0 Å². The molecule has 0 bridgehead atoms. The van der Waals surface area contributed by atoms with Gasteiger partial charge >= 0.3 is 5.97 Å². The Kier molecular flexibility index (Phi) is 5.41. The second-order valence-corrected chi connectivity index (χ2v) is 5.38. The summed E-state index contributed by atoms with van der Waals surface area (Å²) in [5.74, 6) is -0.682. The number of amides is 1. The summed E-state index contributed by atoms with van der Waals surface area (Å²) < 4.78 is 5.06. The van der Waals surface area contributed by atoms with E-state index in [4.69, 9.17) is 16.3 Å². The number of benzene rings is 1. The molecule has 0 atom stereocenters. The highest BCUT2D eigenvalue weighted by atomic mass is 35.5.